The Morgan fingerprint density at radius 2 is 1.20 bits per heavy atom. The first-order valence-electron chi connectivity index (χ1n) is 15.9. The molecule has 8 rings (SSSR count). The van der Waals surface area contributed by atoms with E-state index in [0.29, 0.717) is 5.75 Å². The lowest BCUT2D eigenvalue weighted by molar-refractivity contribution is 0.0645. The number of hydrogen-bond acceptors (Lipinski definition) is 3. The molecule has 1 spiro atoms. The summed E-state index contributed by atoms with van der Waals surface area (Å²) in [5.41, 5.74) is 10.3. The largest absolute Gasteiger partial charge is 0.507 e. The Labute approximate surface area is 265 Å². The zero-order valence-corrected chi connectivity index (χ0v) is 27.4. The number of fused-ring (bicyclic) bond motifs is 8. The van der Waals surface area contributed by atoms with E-state index in [1.165, 1.54) is 39.8 Å². The van der Waals surface area contributed by atoms with Gasteiger partial charge in [0.25, 0.3) is 0 Å². The minimum absolute atomic E-state index is 0.127. The van der Waals surface area contributed by atoms with Crippen molar-refractivity contribution in [3.8, 4) is 22.6 Å². The van der Waals surface area contributed by atoms with E-state index in [4.69, 9.17) is 4.74 Å². The first-order valence-corrected chi connectivity index (χ1v) is 16.7. The van der Waals surface area contributed by atoms with Crippen LogP contribution in [0.3, 0.4) is 0 Å². The summed E-state index contributed by atoms with van der Waals surface area (Å²) in [4.78, 5) is 0.394. The number of phenolic OH excluding ortho intramolecular Hbond substituents is 1. The van der Waals surface area contributed by atoms with Gasteiger partial charge < -0.3 is 9.84 Å². The predicted octanol–water partition coefficient (Wildman–Crippen LogP) is 11.1. The summed E-state index contributed by atoms with van der Waals surface area (Å²) >= 11 is 1.79. The maximum absolute atomic E-state index is 11.8. The van der Waals surface area contributed by atoms with E-state index in [1.54, 1.807) is 11.8 Å². The number of hydrogen-bond donors (Lipinski definition) is 1. The van der Waals surface area contributed by atoms with Crippen molar-refractivity contribution in [2.45, 2.75) is 76.0 Å². The molecule has 0 bridgehead atoms. The van der Waals surface area contributed by atoms with Crippen LogP contribution in [0.25, 0.3) is 21.9 Å². The van der Waals surface area contributed by atoms with Crippen molar-refractivity contribution in [1.82, 2.24) is 0 Å². The number of aryl methyl sites for hydroxylation is 2. The van der Waals surface area contributed by atoms with E-state index in [9.17, 15) is 5.11 Å². The standard InChI is InChI=1S/C41H40O2S/c1-25-13-7-10-16-30(25)41(31-17-11-8-14-26(31)2)43-35-19-28-29(20-36(35)44-41)37-27-15-9-12-18-32(27)40(33(37)21-34(28)42)23-38(3,4)22-39(5,6)24-40/h7-21,42H,22-24H2,1-6H3. The molecule has 5 aromatic carbocycles. The minimum atomic E-state index is -0.717. The van der Waals surface area contributed by atoms with E-state index in [1.807, 2.05) is 0 Å². The quantitative estimate of drug-likeness (QED) is 0.220. The third-order valence-electron chi connectivity index (χ3n) is 10.4. The summed E-state index contributed by atoms with van der Waals surface area (Å²) in [5.74, 6) is 1.16. The molecule has 5 aromatic rings. The molecule has 0 saturated heterocycles. The Kier molecular flexibility index (Phi) is 5.80. The van der Waals surface area contributed by atoms with Crippen molar-refractivity contribution < 1.29 is 9.84 Å². The van der Waals surface area contributed by atoms with Crippen molar-refractivity contribution in [2.75, 3.05) is 0 Å². The number of benzene rings is 5. The monoisotopic (exact) mass is 596 g/mol. The molecule has 1 fully saturated rings. The van der Waals surface area contributed by atoms with Crippen LogP contribution in [0.1, 0.15) is 80.3 Å². The highest BCUT2D eigenvalue weighted by molar-refractivity contribution is 8.00. The molecular weight excluding hydrogens is 557 g/mol. The molecule has 3 aliphatic rings. The fourth-order valence-electron chi connectivity index (χ4n) is 9.58. The van der Waals surface area contributed by atoms with E-state index in [-0.39, 0.29) is 16.2 Å². The molecule has 2 nitrogen and oxygen atoms in total. The lowest BCUT2D eigenvalue weighted by Crippen LogP contribution is -2.43. The maximum Gasteiger partial charge on any atom is 0.211 e. The van der Waals surface area contributed by atoms with Crippen LogP contribution in [0.15, 0.2) is 95.9 Å². The SMILES string of the molecule is Cc1ccccc1C1(c2ccccc2C)Oc2cc3c(O)cc4c(c3cc2S1)-c1ccccc1C41CC(C)(C)CC(C)(C)C1. The molecule has 0 amide bonds. The maximum atomic E-state index is 11.8. The number of rotatable bonds is 2. The van der Waals surface area contributed by atoms with Gasteiger partial charge in [-0.3, -0.25) is 0 Å². The Morgan fingerprint density at radius 3 is 1.82 bits per heavy atom. The van der Waals surface area contributed by atoms with E-state index >= 15 is 0 Å². The van der Waals surface area contributed by atoms with Crippen LogP contribution in [0, 0.1) is 24.7 Å². The number of phenols is 1. The molecule has 0 radical (unpaired) electrons. The van der Waals surface area contributed by atoms with Crippen LogP contribution in [0.2, 0.25) is 0 Å². The summed E-state index contributed by atoms with van der Waals surface area (Å²) < 4.78 is 7.10. The van der Waals surface area contributed by atoms with Crippen LogP contribution >= 0.6 is 11.8 Å². The van der Waals surface area contributed by atoms with Crippen LogP contribution < -0.4 is 4.74 Å². The average Bonchev–Trinajstić information content (AvgIpc) is 3.45. The molecule has 0 unspecified atom stereocenters. The van der Waals surface area contributed by atoms with Crippen LogP contribution in [0.4, 0.5) is 0 Å². The van der Waals surface area contributed by atoms with Crippen LogP contribution in [-0.2, 0) is 10.3 Å². The summed E-state index contributed by atoms with van der Waals surface area (Å²) in [5, 5.41) is 13.8. The van der Waals surface area contributed by atoms with Crippen LogP contribution in [-0.4, -0.2) is 5.11 Å². The molecule has 44 heavy (non-hydrogen) atoms. The molecular formula is C41H40O2S. The fourth-order valence-corrected chi connectivity index (χ4v) is 11.1. The molecule has 1 saturated carbocycles. The van der Waals surface area contributed by atoms with Crippen molar-refractivity contribution >= 4 is 22.5 Å². The fraction of sp³-hybridized carbons (Fsp3) is 0.317. The average molecular weight is 597 g/mol. The Bertz CT molecular complexity index is 1940. The summed E-state index contributed by atoms with van der Waals surface area (Å²) in [7, 11) is 0. The summed E-state index contributed by atoms with van der Waals surface area (Å²) in [6.07, 6.45) is 3.34. The lowest BCUT2D eigenvalue weighted by atomic mass is 9.52. The molecule has 0 aromatic heterocycles. The zero-order chi connectivity index (χ0) is 30.6. The first kappa shape index (κ1) is 27.8. The second kappa shape index (κ2) is 9.17. The summed E-state index contributed by atoms with van der Waals surface area (Å²) in [6, 6.07) is 32.6. The van der Waals surface area contributed by atoms with Gasteiger partial charge in [0.1, 0.15) is 11.5 Å². The topological polar surface area (TPSA) is 29.5 Å². The summed E-state index contributed by atoms with van der Waals surface area (Å²) in [6.45, 7) is 14.0. The van der Waals surface area contributed by atoms with Crippen molar-refractivity contribution in [1.29, 1.82) is 0 Å². The van der Waals surface area contributed by atoms with Crippen molar-refractivity contribution in [3.05, 3.63) is 124 Å². The number of thioether (sulfide) groups is 1. The van der Waals surface area contributed by atoms with Gasteiger partial charge in [-0.1, -0.05) is 112 Å². The van der Waals surface area contributed by atoms with E-state index in [0.717, 1.165) is 45.4 Å². The molecule has 0 atom stereocenters. The molecule has 1 aliphatic heterocycles. The normalized spacial score (nSPS) is 19.8. The van der Waals surface area contributed by atoms with Gasteiger partial charge in [0.05, 0.1) is 4.90 Å². The molecule has 1 N–H and O–H groups in total. The van der Waals surface area contributed by atoms with Gasteiger partial charge in [-0.2, -0.15) is 0 Å². The van der Waals surface area contributed by atoms with Crippen LogP contribution in [0.5, 0.6) is 11.5 Å². The molecule has 3 heteroatoms. The highest BCUT2D eigenvalue weighted by Crippen LogP contribution is 2.66. The van der Waals surface area contributed by atoms with Gasteiger partial charge in [-0.15, -0.1) is 0 Å². The number of ether oxygens (including phenoxy) is 1. The van der Waals surface area contributed by atoms with E-state index in [2.05, 4.69) is 133 Å². The van der Waals surface area contributed by atoms with Crippen molar-refractivity contribution in [2.24, 2.45) is 10.8 Å². The second-order valence-electron chi connectivity index (χ2n) is 15.1. The van der Waals surface area contributed by atoms with Gasteiger partial charge in [-0.25, -0.2) is 0 Å². The van der Waals surface area contributed by atoms with Gasteiger partial charge >= 0.3 is 0 Å². The third-order valence-corrected chi connectivity index (χ3v) is 11.8. The Balaban J connectivity index is 1.38. The molecule has 222 valence electrons. The first-order chi connectivity index (χ1) is 20.9. The predicted molar refractivity (Wildman–Crippen MR) is 183 cm³/mol. The highest BCUT2D eigenvalue weighted by atomic mass is 32.2. The van der Waals surface area contributed by atoms with Crippen molar-refractivity contribution in [3.63, 3.8) is 0 Å². The lowest BCUT2D eigenvalue weighted by Gasteiger charge is -2.51. The third kappa shape index (κ3) is 3.88. The molecule has 2 aliphatic carbocycles. The highest BCUT2D eigenvalue weighted by Gasteiger charge is 2.54. The van der Waals surface area contributed by atoms with Gasteiger partial charge in [0.2, 0.25) is 4.93 Å². The van der Waals surface area contributed by atoms with Gasteiger partial charge in [0, 0.05) is 21.9 Å². The van der Waals surface area contributed by atoms with E-state index < -0.39 is 4.93 Å². The Hall–Kier alpha value is -3.69. The minimum Gasteiger partial charge on any atom is -0.507 e. The van der Waals surface area contributed by atoms with Gasteiger partial charge in [-0.05, 0) is 101 Å². The smallest absolute Gasteiger partial charge is 0.211 e. The zero-order valence-electron chi connectivity index (χ0n) is 26.5. The van der Waals surface area contributed by atoms with Gasteiger partial charge in [0.15, 0.2) is 0 Å². The second-order valence-corrected chi connectivity index (χ2v) is 16.3. The molecule has 1 heterocycles. The Morgan fingerprint density at radius 1 is 0.636 bits per heavy atom. The number of aromatic hydroxyl groups is 1.